The Balaban J connectivity index is 1.37. The van der Waals surface area contributed by atoms with Gasteiger partial charge in [-0.15, -0.1) is 10.2 Å². The van der Waals surface area contributed by atoms with Crippen LogP contribution in [0.25, 0.3) is 11.4 Å². The number of amides is 1. The third-order valence-corrected chi connectivity index (χ3v) is 7.09. The molecule has 1 aliphatic rings. The highest BCUT2D eigenvalue weighted by atomic mass is 32.2. The number of halogens is 1. The molecule has 9 nitrogen and oxygen atoms in total. The van der Waals surface area contributed by atoms with Crippen LogP contribution in [0.2, 0.25) is 0 Å². The lowest BCUT2D eigenvalue weighted by Gasteiger charge is -2.20. The maximum atomic E-state index is 13.0. The van der Waals surface area contributed by atoms with Gasteiger partial charge >= 0.3 is 0 Å². The minimum Gasteiger partial charge on any atom is -0.324 e. The van der Waals surface area contributed by atoms with Crippen LogP contribution in [-0.2, 0) is 21.4 Å². The first-order valence-electron chi connectivity index (χ1n) is 10.4. The Morgan fingerprint density at radius 1 is 0.969 bits per heavy atom. The van der Waals surface area contributed by atoms with Crippen LogP contribution < -0.4 is 5.32 Å². The van der Waals surface area contributed by atoms with Crippen LogP contribution >= 0.6 is 0 Å². The zero-order valence-electron chi connectivity index (χ0n) is 17.3. The van der Waals surface area contributed by atoms with E-state index in [0.717, 1.165) is 30.5 Å². The maximum absolute atomic E-state index is 13.0. The molecular formula is C21H23FN6O3S. The Hall–Kier alpha value is -3.18. The molecule has 0 unspecified atom stereocenters. The SMILES string of the molecule is O=C(Cn1nnc(-c2ccc(F)cc2)n1)Nc1ccc(S(=O)(=O)N2CCCCCC2)cc1. The molecule has 0 spiro atoms. The number of aromatic nitrogens is 4. The van der Waals surface area contributed by atoms with Crippen molar-refractivity contribution < 1.29 is 17.6 Å². The first-order valence-corrected chi connectivity index (χ1v) is 11.8. The molecule has 3 aromatic rings. The first-order chi connectivity index (χ1) is 15.4. The van der Waals surface area contributed by atoms with Crippen molar-refractivity contribution in [1.29, 1.82) is 0 Å². The molecule has 11 heteroatoms. The Morgan fingerprint density at radius 3 is 2.28 bits per heavy atom. The smallest absolute Gasteiger partial charge is 0.248 e. The molecule has 1 fully saturated rings. The molecule has 0 bridgehead atoms. The molecule has 0 atom stereocenters. The van der Waals surface area contributed by atoms with Gasteiger partial charge in [0.05, 0.1) is 4.90 Å². The van der Waals surface area contributed by atoms with Gasteiger partial charge in [0.2, 0.25) is 21.8 Å². The lowest BCUT2D eigenvalue weighted by Crippen LogP contribution is -2.31. The van der Waals surface area contributed by atoms with Gasteiger partial charge in [0.15, 0.2) is 0 Å². The zero-order valence-corrected chi connectivity index (χ0v) is 18.1. The topological polar surface area (TPSA) is 110 Å². The van der Waals surface area contributed by atoms with Crippen molar-refractivity contribution in [2.75, 3.05) is 18.4 Å². The molecule has 1 aliphatic heterocycles. The van der Waals surface area contributed by atoms with Gasteiger partial charge in [-0.1, -0.05) is 12.8 Å². The van der Waals surface area contributed by atoms with Crippen molar-refractivity contribution in [3.8, 4) is 11.4 Å². The molecule has 2 aromatic carbocycles. The fourth-order valence-electron chi connectivity index (χ4n) is 3.50. The van der Waals surface area contributed by atoms with Crippen LogP contribution in [0.5, 0.6) is 0 Å². The quantitative estimate of drug-likeness (QED) is 0.608. The van der Waals surface area contributed by atoms with E-state index in [1.54, 1.807) is 12.1 Å². The van der Waals surface area contributed by atoms with Gasteiger partial charge in [-0.05, 0) is 66.6 Å². The summed E-state index contributed by atoms with van der Waals surface area (Å²) in [6.45, 7) is 0.888. The lowest BCUT2D eigenvalue weighted by molar-refractivity contribution is -0.117. The summed E-state index contributed by atoms with van der Waals surface area (Å²) < 4.78 is 40.3. The van der Waals surface area contributed by atoms with E-state index in [0.29, 0.717) is 24.3 Å². The molecule has 0 saturated carbocycles. The Bertz CT molecular complexity index is 1170. The van der Waals surface area contributed by atoms with Gasteiger partial charge < -0.3 is 5.32 Å². The fraction of sp³-hybridized carbons (Fsp3) is 0.333. The Morgan fingerprint density at radius 2 is 1.62 bits per heavy atom. The largest absolute Gasteiger partial charge is 0.324 e. The third kappa shape index (κ3) is 5.17. The van der Waals surface area contributed by atoms with Gasteiger partial charge in [0.25, 0.3) is 0 Å². The molecule has 0 aliphatic carbocycles. The van der Waals surface area contributed by atoms with E-state index in [2.05, 4.69) is 20.7 Å². The molecule has 32 heavy (non-hydrogen) atoms. The average molecular weight is 459 g/mol. The highest BCUT2D eigenvalue weighted by Gasteiger charge is 2.25. The molecule has 1 saturated heterocycles. The average Bonchev–Trinajstić information content (AvgIpc) is 3.05. The second-order valence-corrected chi connectivity index (χ2v) is 9.48. The summed E-state index contributed by atoms with van der Waals surface area (Å²) in [7, 11) is -3.54. The predicted octanol–water partition coefficient (Wildman–Crippen LogP) is 2.68. The minimum atomic E-state index is -3.54. The van der Waals surface area contributed by atoms with E-state index in [9.17, 15) is 17.6 Å². The van der Waals surface area contributed by atoms with Gasteiger partial charge in [-0.3, -0.25) is 4.79 Å². The van der Waals surface area contributed by atoms with Crippen molar-refractivity contribution in [3.63, 3.8) is 0 Å². The van der Waals surface area contributed by atoms with Crippen molar-refractivity contribution in [2.45, 2.75) is 37.1 Å². The van der Waals surface area contributed by atoms with Gasteiger partial charge in [-0.25, -0.2) is 12.8 Å². The maximum Gasteiger partial charge on any atom is 0.248 e. The number of anilines is 1. The van der Waals surface area contributed by atoms with Crippen molar-refractivity contribution in [3.05, 3.63) is 54.3 Å². The Labute approximate surface area is 185 Å². The zero-order chi connectivity index (χ0) is 22.6. The Kier molecular flexibility index (Phi) is 6.56. The number of carbonyl (C=O) groups is 1. The number of hydrogen-bond donors (Lipinski definition) is 1. The number of tetrazole rings is 1. The normalized spacial score (nSPS) is 15.3. The highest BCUT2D eigenvalue weighted by molar-refractivity contribution is 7.89. The van der Waals surface area contributed by atoms with Gasteiger partial charge in [0, 0.05) is 24.3 Å². The second kappa shape index (κ2) is 9.53. The van der Waals surface area contributed by atoms with Crippen molar-refractivity contribution >= 4 is 21.6 Å². The van der Waals surface area contributed by atoms with Crippen LogP contribution in [0.1, 0.15) is 25.7 Å². The summed E-state index contributed by atoms with van der Waals surface area (Å²) in [5, 5.41) is 14.5. The number of benzene rings is 2. The van der Waals surface area contributed by atoms with E-state index < -0.39 is 15.9 Å². The van der Waals surface area contributed by atoms with Crippen LogP contribution in [0.4, 0.5) is 10.1 Å². The number of nitrogens with one attached hydrogen (secondary N) is 1. The number of sulfonamides is 1. The molecule has 4 rings (SSSR count). The fourth-order valence-corrected chi connectivity index (χ4v) is 5.01. The minimum absolute atomic E-state index is 0.179. The number of hydrogen-bond acceptors (Lipinski definition) is 6. The molecule has 168 valence electrons. The predicted molar refractivity (Wildman–Crippen MR) is 116 cm³/mol. The van der Waals surface area contributed by atoms with Gasteiger partial charge in [0.1, 0.15) is 12.4 Å². The summed E-state index contributed by atoms with van der Waals surface area (Å²) in [5.74, 6) is -0.484. The lowest BCUT2D eigenvalue weighted by atomic mass is 10.2. The van der Waals surface area contributed by atoms with E-state index in [-0.39, 0.29) is 23.1 Å². The molecule has 1 N–H and O–H groups in total. The number of rotatable bonds is 6. The van der Waals surface area contributed by atoms with Gasteiger partial charge in [-0.2, -0.15) is 9.10 Å². The summed E-state index contributed by atoms with van der Waals surface area (Å²) >= 11 is 0. The van der Waals surface area contributed by atoms with Crippen molar-refractivity contribution in [2.24, 2.45) is 0 Å². The number of nitrogens with zero attached hydrogens (tertiary/aromatic N) is 5. The first kappa shape index (κ1) is 22.0. The van der Waals surface area contributed by atoms with Crippen LogP contribution in [0.3, 0.4) is 0 Å². The third-order valence-electron chi connectivity index (χ3n) is 5.18. The van der Waals surface area contributed by atoms with Crippen molar-refractivity contribution in [1.82, 2.24) is 24.5 Å². The highest BCUT2D eigenvalue weighted by Crippen LogP contribution is 2.22. The van der Waals surface area contributed by atoms with E-state index in [1.807, 2.05) is 0 Å². The monoisotopic (exact) mass is 458 g/mol. The standard InChI is InChI=1S/C21H23FN6O3S/c22-17-7-5-16(6-8-17)21-24-26-28(25-21)15-20(29)23-18-9-11-19(12-10-18)32(30,31)27-13-3-1-2-4-14-27/h5-12H,1-4,13-15H2,(H,23,29). The van der Waals surface area contributed by atoms with Crippen LogP contribution in [-0.4, -0.2) is 51.9 Å². The van der Waals surface area contributed by atoms with E-state index in [4.69, 9.17) is 0 Å². The summed E-state index contributed by atoms with van der Waals surface area (Å²) in [6, 6.07) is 11.7. The summed E-state index contributed by atoms with van der Waals surface area (Å²) in [4.78, 5) is 13.7. The molecule has 0 radical (unpaired) electrons. The van der Waals surface area contributed by atoms with E-state index in [1.165, 1.54) is 40.7 Å². The van der Waals surface area contributed by atoms with E-state index >= 15 is 0 Å². The summed E-state index contributed by atoms with van der Waals surface area (Å²) in [5.41, 5.74) is 1.04. The number of carbonyl (C=O) groups excluding carboxylic acids is 1. The molecular weight excluding hydrogens is 435 g/mol. The summed E-state index contributed by atoms with van der Waals surface area (Å²) in [6.07, 6.45) is 3.82. The van der Waals surface area contributed by atoms with Crippen LogP contribution in [0, 0.1) is 5.82 Å². The molecule has 1 amide bonds. The molecule has 2 heterocycles. The second-order valence-electron chi connectivity index (χ2n) is 7.54. The van der Waals surface area contributed by atoms with Crippen LogP contribution in [0.15, 0.2) is 53.4 Å². The molecule has 1 aromatic heterocycles.